The Hall–Kier alpha value is -3.15. The Balaban J connectivity index is 1.29. The van der Waals surface area contributed by atoms with Gasteiger partial charge in [0.1, 0.15) is 0 Å². The van der Waals surface area contributed by atoms with Gasteiger partial charge in [-0.15, -0.1) is 0 Å². The second-order valence-electron chi connectivity index (χ2n) is 8.21. The van der Waals surface area contributed by atoms with Crippen LogP contribution in [0.5, 0.6) is 0 Å². The summed E-state index contributed by atoms with van der Waals surface area (Å²) in [5.41, 5.74) is 1.38. The number of amides is 2. The molecule has 2 fully saturated rings. The minimum atomic E-state index is -0.462. The zero-order valence-corrected chi connectivity index (χ0v) is 16.8. The standard InChI is InChI=1S/C24H26N2O4/c27-22(15-30-23(28)14-18-13-16-10-11-17(18)12-16)26-21-9-5-4-8-20(21)24(29)25-19-6-2-1-3-7-19/h1-9,16-18H,10-15H2,(H,25,29)(H,26,27)/t16-,17+,18-/m0/s1. The van der Waals surface area contributed by atoms with Crippen molar-refractivity contribution in [2.24, 2.45) is 17.8 Å². The average Bonchev–Trinajstić information content (AvgIpc) is 3.36. The molecule has 0 saturated heterocycles. The van der Waals surface area contributed by atoms with Gasteiger partial charge in [0.25, 0.3) is 11.8 Å². The van der Waals surface area contributed by atoms with Crippen molar-refractivity contribution in [3.8, 4) is 0 Å². The van der Waals surface area contributed by atoms with Gasteiger partial charge >= 0.3 is 5.97 Å². The zero-order valence-electron chi connectivity index (χ0n) is 16.8. The molecule has 30 heavy (non-hydrogen) atoms. The highest BCUT2D eigenvalue weighted by atomic mass is 16.5. The van der Waals surface area contributed by atoms with Crippen molar-refractivity contribution in [1.29, 1.82) is 0 Å². The third-order valence-corrected chi connectivity index (χ3v) is 6.16. The lowest BCUT2D eigenvalue weighted by atomic mass is 9.86. The number of fused-ring (bicyclic) bond motifs is 2. The van der Waals surface area contributed by atoms with Crippen molar-refractivity contribution in [3.05, 3.63) is 60.2 Å². The Labute approximate surface area is 176 Å². The predicted octanol–water partition coefficient (Wildman–Crippen LogP) is 4.25. The smallest absolute Gasteiger partial charge is 0.306 e. The molecule has 4 rings (SSSR count). The highest BCUT2D eigenvalue weighted by Crippen LogP contribution is 2.49. The average molecular weight is 406 g/mol. The number of nitrogens with one attached hydrogen (secondary N) is 2. The van der Waals surface area contributed by atoms with Gasteiger partial charge in [-0.1, -0.05) is 36.8 Å². The lowest BCUT2D eigenvalue weighted by Crippen LogP contribution is -2.24. The summed E-state index contributed by atoms with van der Waals surface area (Å²) < 4.78 is 5.19. The fraction of sp³-hybridized carbons (Fsp3) is 0.375. The molecule has 0 spiro atoms. The van der Waals surface area contributed by atoms with Crippen molar-refractivity contribution < 1.29 is 19.1 Å². The first-order chi connectivity index (χ1) is 14.6. The van der Waals surface area contributed by atoms with Crippen molar-refractivity contribution in [1.82, 2.24) is 0 Å². The van der Waals surface area contributed by atoms with E-state index in [9.17, 15) is 14.4 Å². The maximum atomic E-state index is 12.6. The van der Waals surface area contributed by atoms with Gasteiger partial charge in [0.05, 0.1) is 11.3 Å². The van der Waals surface area contributed by atoms with Crippen LogP contribution in [0.25, 0.3) is 0 Å². The molecular weight excluding hydrogens is 380 g/mol. The molecule has 2 aliphatic rings. The van der Waals surface area contributed by atoms with E-state index in [1.54, 1.807) is 36.4 Å². The van der Waals surface area contributed by atoms with E-state index >= 15 is 0 Å². The lowest BCUT2D eigenvalue weighted by molar-refractivity contribution is -0.148. The molecular formula is C24H26N2O4. The van der Waals surface area contributed by atoms with Crippen molar-refractivity contribution in [3.63, 3.8) is 0 Å². The third kappa shape index (κ3) is 4.87. The fourth-order valence-corrected chi connectivity index (χ4v) is 4.74. The number of para-hydroxylation sites is 2. The van der Waals surface area contributed by atoms with E-state index < -0.39 is 5.91 Å². The van der Waals surface area contributed by atoms with E-state index in [1.165, 1.54) is 19.3 Å². The summed E-state index contributed by atoms with van der Waals surface area (Å²) >= 11 is 0. The molecule has 3 atom stereocenters. The van der Waals surface area contributed by atoms with E-state index in [1.807, 2.05) is 18.2 Å². The minimum absolute atomic E-state index is 0.321. The summed E-state index contributed by atoms with van der Waals surface area (Å²) in [6.07, 6.45) is 5.24. The molecule has 6 heteroatoms. The highest BCUT2D eigenvalue weighted by Gasteiger charge is 2.40. The van der Waals surface area contributed by atoms with Crippen molar-refractivity contribution >= 4 is 29.2 Å². The molecule has 0 heterocycles. The summed E-state index contributed by atoms with van der Waals surface area (Å²) in [5.74, 6) is 0.710. The Morgan fingerprint density at radius 1 is 0.900 bits per heavy atom. The number of carbonyl (C=O) groups excluding carboxylic acids is 3. The number of carbonyl (C=O) groups is 3. The predicted molar refractivity (Wildman–Crippen MR) is 114 cm³/mol. The Morgan fingerprint density at radius 3 is 2.40 bits per heavy atom. The molecule has 156 valence electrons. The van der Waals surface area contributed by atoms with Gasteiger partial charge in [-0.25, -0.2) is 0 Å². The van der Waals surface area contributed by atoms with Crippen LogP contribution < -0.4 is 10.6 Å². The normalized spacial score (nSPS) is 21.8. The van der Waals surface area contributed by atoms with Crippen LogP contribution in [-0.4, -0.2) is 24.4 Å². The van der Waals surface area contributed by atoms with Crippen LogP contribution in [0.1, 0.15) is 42.5 Å². The van der Waals surface area contributed by atoms with E-state index in [2.05, 4.69) is 10.6 Å². The monoisotopic (exact) mass is 406 g/mol. The van der Waals surface area contributed by atoms with Gasteiger partial charge in [0, 0.05) is 12.1 Å². The first kappa shape index (κ1) is 20.1. The molecule has 2 N–H and O–H groups in total. The summed E-state index contributed by atoms with van der Waals surface area (Å²) in [7, 11) is 0. The van der Waals surface area contributed by atoms with E-state index in [-0.39, 0.29) is 18.5 Å². The topological polar surface area (TPSA) is 84.5 Å². The van der Waals surface area contributed by atoms with E-state index in [0.29, 0.717) is 35.2 Å². The first-order valence-corrected chi connectivity index (χ1v) is 10.5. The van der Waals surface area contributed by atoms with Crippen LogP contribution in [0, 0.1) is 17.8 Å². The number of benzene rings is 2. The summed E-state index contributed by atoms with van der Waals surface area (Å²) in [5, 5.41) is 5.48. The number of rotatable bonds is 7. The molecule has 0 unspecified atom stereocenters. The van der Waals surface area contributed by atoms with Gasteiger partial charge in [-0.05, 0) is 61.3 Å². The Bertz CT molecular complexity index is 928. The molecule has 2 saturated carbocycles. The maximum absolute atomic E-state index is 12.6. The largest absolute Gasteiger partial charge is 0.456 e. The third-order valence-electron chi connectivity index (χ3n) is 6.16. The highest BCUT2D eigenvalue weighted by molar-refractivity contribution is 6.10. The van der Waals surface area contributed by atoms with Gasteiger partial charge in [-0.3, -0.25) is 14.4 Å². The summed E-state index contributed by atoms with van der Waals surface area (Å²) in [6, 6.07) is 15.8. The molecule has 6 nitrogen and oxygen atoms in total. The summed E-state index contributed by atoms with van der Waals surface area (Å²) in [6.45, 7) is -0.353. The van der Waals surface area contributed by atoms with E-state index in [0.717, 1.165) is 12.3 Å². The van der Waals surface area contributed by atoms with Crippen LogP contribution in [0.4, 0.5) is 11.4 Å². The molecule has 2 aliphatic carbocycles. The van der Waals surface area contributed by atoms with Crippen molar-refractivity contribution in [2.45, 2.75) is 32.1 Å². The second kappa shape index (κ2) is 9.11. The van der Waals surface area contributed by atoms with Crippen LogP contribution in [-0.2, 0) is 14.3 Å². The molecule has 2 aromatic rings. The number of esters is 1. The second-order valence-corrected chi connectivity index (χ2v) is 8.21. The summed E-state index contributed by atoms with van der Waals surface area (Å²) in [4.78, 5) is 37.0. The van der Waals surface area contributed by atoms with Gasteiger partial charge in [0.2, 0.25) is 0 Å². The molecule has 0 radical (unpaired) electrons. The number of anilines is 2. The van der Waals surface area contributed by atoms with Crippen molar-refractivity contribution in [2.75, 3.05) is 17.2 Å². The number of ether oxygens (including phenoxy) is 1. The molecule has 2 bridgehead atoms. The van der Waals surface area contributed by atoms with Gasteiger partial charge in [0.15, 0.2) is 6.61 Å². The van der Waals surface area contributed by atoms with Crippen LogP contribution in [0.2, 0.25) is 0 Å². The molecule has 0 aromatic heterocycles. The Kier molecular flexibility index (Phi) is 6.12. The minimum Gasteiger partial charge on any atom is -0.456 e. The Morgan fingerprint density at radius 2 is 1.67 bits per heavy atom. The van der Waals surface area contributed by atoms with Crippen LogP contribution >= 0.6 is 0 Å². The van der Waals surface area contributed by atoms with Gasteiger partial charge in [-0.2, -0.15) is 0 Å². The van der Waals surface area contributed by atoms with E-state index in [4.69, 9.17) is 4.74 Å². The van der Waals surface area contributed by atoms with Gasteiger partial charge < -0.3 is 15.4 Å². The maximum Gasteiger partial charge on any atom is 0.306 e. The lowest BCUT2D eigenvalue weighted by Gasteiger charge is -2.20. The quantitative estimate of drug-likeness (QED) is 0.674. The number of hydrogen-bond acceptors (Lipinski definition) is 4. The molecule has 0 aliphatic heterocycles. The zero-order chi connectivity index (χ0) is 20.9. The van der Waals surface area contributed by atoms with Crippen LogP contribution in [0.15, 0.2) is 54.6 Å². The first-order valence-electron chi connectivity index (χ1n) is 10.5. The molecule has 2 aromatic carbocycles. The molecule has 2 amide bonds. The fourth-order valence-electron chi connectivity index (χ4n) is 4.74. The van der Waals surface area contributed by atoms with Crippen LogP contribution in [0.3, 0.4) is 0 Å². The SMILES string of the molecule is O=C(COC(=O)C[C@@H]1C[C@H]2CC[C@@H]1C2)Nc1ccccc1C(=O)Nc1ccccc1. The number of hydrogen-bond donors (Lipinski definition) is 2.